The van der Waals surface area contributed by atoms with Gasteiger partial charge in [0.15, 0.2) is 6.29 Å². The van der Waals surface area contributed by atoms with E-state index in [1.54, 1.807) is 0 Å². The summed E-state index contributed by atoms with van der Waals surface area (Å²) >= 11 is 0. The molecule has 1 nitrogen and oxygen atoms in total. The summed E-state index contributed by atoms with van der Waals surface area (Å²) in [7, 11) is 3.30. The summed E-state index contributed by atoms with van der Waals surface area (Å²) in [6, 6.07) is 0. The first-order valence-electron chi connectivity index (χ1n) is 2.17. The van der Waals surface area contributed by atoms with Crippen LogP contribution in [0.2, 0.25) is 0 Å². The van der Waals surface area contributed by atoms with E-state index in [0.29, 0.717) is 0 Å². The Morgan fingerprint density at radius 2 is 2.50 bits per heavy atom. The lowest BCUT2D eigenvalue weighted by atomic mass is 10.9. The molecule has 1 aromatic heterocycles. The Bertz CT molecular complexity index is 193. The average Bonchev–Trinajstić information content (AvgIpc) is 2.14. The molecule has 1 atom stereocenters. The molecular weight excluding hydrogens is 157 g/mol. The quantitative estimate of drug-likeness (QED) is 0.580. The summed E-state index contributed by atoms with van der Waals surface area (Å²) < 4.78 is 0. The van der Waals surface area contributed by atoms with Crippen molar-refractivity contribution in [2.45, 2.75) is 6.92 Å². The second-order valence-corrected chi connectivity index (χ2v) is 6.57. The van der Waals surface area contributed by atoms with Crippen molar-refractivity contribution in [3.63, 3.8) is 0 Å². The van der Waals surface area contributed by atoms with E-state index in [1.807, 2.05) is 0 Å². The zero-order valence-electron chi connectivity index (χ0n) is 4.38. The molecule has 1 heterocycles. The standard InChI is InChI=1S/C4H5OP3/c1-3-6-4(2-5)8-7-3/h2,7H,1H3. The highest BCUT2D eigenvalue weighted by atomic mass is 31.8. The van der Waals surface area contributed by atoms with Crippen LogP contribution in [0.25, 0.3) is 0 Å². The van der Waals surface area contributed by atoms with Crippen LogP contribution >= 0.6 is 23.9 Å². The van der Waals surface area contributed by atoms with Crippen molar-refractivity contribution in [2.24, 2.45) is 0 Å². The normalized spacial score (nSPS) is 12.1. The third-order valence-electron chi connectivity index (χ3n) is 0.720. The van der Waals surface area contributed by atoms with Gasteiger partial charge >= 0.3 is 0 Å². The van der Waals surface area contributed by atoms with Crippen molar-refractivity contribution in [2.75, 3.05) is 0 Å². The van der Waals surface area contributed by atoms with Gasteiger partial charge in [0.1, 0.15) is 0 Å². The van der Waals surface area contributed by atoms with Crippen molar-refractivity contribution < 1.29 is 4.79 Å². The minimum atomic E-state index is 0.878. The second kappa shape index (κ2) is 2.74. The molecule has 0 aliphatic carbocycles. The van der Waals surface area contributed by atoms with Gasteiger partial charge in [0.2, 0.25) is 0 Å². The maximum Gasteiger partial charge on any atom is 0.159 e. The Kier molecular flexibility index (Phi) is 2.20. The summed E-state index contributed by atoms with van der Waals surface area (Å²) in [5.41, 5.74) is 0. The Hall–Kier alpha value is 0.310. The Morgan fingerprint density at radius 3 is 2.75 bits per heavy atom. The molecular formula is C4H5OP3. The van der Waals surface area contributed by atoms with Crippen molar-refractivity contribution in [1.29, 1.82) is 0 Å². The van der Waals surface area contributed by atoms with Gasteiger partial charge in [-0.05, 0) is 19.8 Å². The smallest absolute Gasteiger partial charge is 0.159 e. The molecule has 8 heavy (non-hydrogen) atoms. The molecule has 0 N–H and O–H groups in total. The zero-order valence-corrected chi connectivity index (χ0v) is 7.17. The Balaban J connectivity index is 3.00. The molecule has 0 spiro atoms. The zero-order chi connectivity index (χ0) is 5.98. The average molecular weight is 162 g/mol. The maximum absolute atomic E-state index is 10.1. The van der Waals surface area contributed by atoms with Crippen LogP contribution < -0.4 is 0 Å². The van der Waals surface area contributed by atoms with E-state index in [-0.39, 0.29) is 0 Å². The van der Waals surface area contributed by atoms with E-state index in [4.69, 9.17) is 0 Å². The SMILES string of the molecule is Cc1pc(C=O)p[pH]1. The first kappa shape index (κ1) is 6.43. The summed E-state index contributed by atoms with van der Waals surface area (Å²) in [4.78, 5) is 10.1. The topological polar surface area (TPSA) is 17.1 Å². The molecule has 0 fully saturated rings. The van der Waals surface area contributed by atoms with Crippen LogP contribution in [0.3, 0.4) is 0 Å². The van der Waals surface area contributed by atoms with Gasteiger partial charge in [-0.25, -0.2) is 0 Å². The minimum absolute atomic E-state index is 0.878. The first-order valence-corrected chi connectivity index (χ1v) is 5.80. The van der Waals surface area contributed by atoms with Crippen LogP contribution in [-0.4, -0.2) is 6.29 Å². The molecule has 0 radical (unpaired) electrons. The van der Waals surface area contributed by atoms with Gasteiger partial charge in [0.05, 0.1) is 5.03 Å². The highest BCUT2D eigenvalue weighted by Crippen LogP contribution is 2.39. The molecule has 0 bridgehead atoms. The van der Waals surface area contributed by atoms with Crippen molar-refractivity contribution in [3.8, 4) is 0 Å². The van der Waals surface area contributed by atoms with Gasteiger partial charge < -0.3 is 0 Å². The molecule has 0 aliphatic heterocycles. The number of rotatable bonds is 1. The summed E-state index contributed by atoms with van der Waals surface area (Å²) in [5, 5.41) is 2.47. The van der Waals surface area contributed by atoms with Gasteiger partial charge in [0.25, 0.3) is 0 Å². The minimum Gasteiger partial charge on any atom is -0.297 e. The molecule has 0 saturated carbocycles. The highest BCUT2D eigenvalue weighted by Gasteiger charge is 1.90. The highest BCUT2D eigenvalue weighted by molar-refractivity contribution is 7.97. The fourth-order valence-electron chi connectivity index (χ4n) is 0.413. The number of aldehydes is 1. The molecule has 0 amide bonds. The van der Waals surface area contributed by atoms with Gasteiger partial charge in [-0.15, -0.1) is 7.87 Å². The fraction of sp³-hybridized carbons (Fsp3) is 0.250. The molecule has 0 aromatic carbocycles. The lowest BCUT2D eigenvalue weighted by Gasteiger charge is -1.69. The largest absolute Gasteiger partial charge is 0.297 e. The molecule has 1 rings (SSSR count). The monoisotopic (exact) mass is 162 g/mol. The first-order chi connectivity index (χ1) is 3.83. The van der Waals surface area contributed by atoms with Gasteiger partial charge in [0, 0.05) is 0 Å². The number of carbonyl (C=O) groups excluding carboxylic acids is 1. The summed E-state index contributed by atoms with van der Waals surface area (Å²) in [6.45, 7) is 2.10. The number of carbonyl (C=O) groups is 1. The van der Waals surface area contributed by atoms with Crippen LogP contribution in [-0.2, 0) is 0 Å². The molecule has 4 heteroatoms. The van der Waals surface area contributed by atoms with Gasteiger partial charge in [-0.1, -0.05) is 8.19 Å². The number of hydrogen-bond acceptors (Lipinski definition) is 1. The van der Waals surface area contributed by atoms with E-state index >= 15 is 0 Å². The fourth-order valence-corrected chi connectivity index (χ4v) is 5.42. The number of hydrogen-bond donors (Lipinski definition) is 0. The van der Waals surface area contributed by atoms with E-state index in [9.17, 15) is 4.79 Å². The van der Waals surface area contributed by atoms with Gasteiger partial charge in [-0.3, -0.25) is 4.79 Å². The van der Waals surface area contributed by atoms with E-state index < -0.39 is 0 Å². The predicted octanol–water partition coefficient (Wildman–Crippen LogP) is 3.00. The molecule has 0 saturated heterocycles. The molecule has 1 unspecified atom stereocenters. The van der Waals surface area contributed by atoms with Crippen LogP contribution in [0.1, 0.15) is 14.8 Å². The van der Waals surface area contributed by atoms with Crippen molar-refractivity contribution >= 4 is 30.2 Å². The molecule has 0 aliphatic rings. The summed E-state index contributed by atoms with van der Waals surface area (Å²) in [5.74, 6) is 0. The third kappa shape index (κ3) is 1.39. The second-order valence-electron chi connectivity index (χ2n) is 1.40. The summed E-state index contributed by atoms with van der Waals surface area (Å²) in [6.07, 6.45) is 0.979. The lowest BCUT2D eigenvalue weighted by Crippen LogP contribution is -1.55. The van der Waals surface area contributed by atoms with Gasteiger partial charge in [-0.2, -0.15) is 0 Å². The Labute approximate surface area is 52.7 Å². The van der Waals surface area contributed by atoms with Crippen molar-refractivity contribution in [1.82, 2.24) is 0 Å². The van der Waals surface area contributed by atoms with Crippen LogP contribution in [0.5, 0.6) is 0 Å². The third-order valence-corrected chi connectivity index (χ3v) is 6.59. The lowest BCUT2D eigenvalue weighted by molar-refractivity contribution is 0.112. The van der Waals surface area contributed by atoms with Crippen molar-refractivity contribution in [3.05, 3.63) is 10.1 Å². The van der Waals surface area contributed by atoms with E-state index in [1.165, 1.54) is 21.1 Å². The Morgan fingerprint density at radius 1 is 1.75 bits per heavy atom. The molecule has 42 valence electrons. The number of aryl methyl sites for hydroxylation is 1. The maximum atomic E-state index is 10.1. The van der Waals surface area contributed by atoms with Crippen LogP contribution in [0.4, 0.5) is 0 Å². The van der Waals surface area contributed by atoms with E-state index in [0.717, 1.165) is 19.2 Å². The van der Waals surface area contributed by atoms with Crippen LogP contribution in [0, 0.1) is 6.92 Å². The molecule has 1 aromatic rings. The predicted molar refractivity (Wildman–Crippen MR) is 41.1 cm³/mol. The van der Waals surface area contributed by atoms with Crippen LogP contribution in [0.15, 0.2) is 0 Å². The van der Waals surface area contributed by atoms with E-state index in [2.05, 4.69) is 6.92 Å².